The number of nitrogens with one attached hydrogen (secondary N) is 1. The van der Waals surface area contributed by atoms with E-state index in [1.165, 1.54) is 0 Å². The first kappa shape index (κ1) is 23.6. The Balaban J connectivity index is 1.13. The van der Waals surface area contributed by atoms with Crippen LogP contribution in [0, 0.1) is 5.92 Å². The molecule has 1 unspecified atom stereocenters. The average Bonchev–Trinajstić information content (AvgIpc) is 3.11. The highest BCUT2D eigenvalue weighted by molar-refractivity contribution is 5.78. The van der Waals surface area contributed by atoms with E-state index < -0.39 is 0 Å². The lowest BCUT2D eigenvalue weighted by molar-refractivity contribution is -0.123. The first-order valence-electron chi connectivity index (χ1n) is 12.6. The fourth-order valence-electron chi connectivity index (χ4n) is 4.83. The van der Waals surface area contributed by atoms with Gasteiger partial charge in [-0.1, -0.05) is 26.0 Å². The van der Waals surface area contributed by atoms with E-state index in [1.54, 1.807) is 0 Å². The molecule has 1 saturated heterocycles. The van der Waals surface area contributed by atoms with E-state index in [2.05, 4.69) is 39.6 Å². The summed E-state index contributed by atoms with van der Waals surface area (Å²) in [5.74, 6) is 1.86. The van der Waals surface area contributed by atoms with Gasteiger partial charge in [0.2, 0.25) is 5.91 Å². The molecular weight excluding hydrogens is 442 g/mol. The molecule has 1 atom stereocenters. The molecule has 35 heavy (non-hydrogen) atoms. The zero-order valence-electron chi connectivity index (χ0n) is 20.7. The molecule has 0 radical (unpaired) electrons. The van der Waals surface area contributed by atoms with E-state index in [0.717, 1.165) is 67.5 Å². The molecule has 8 nitrogen and oxygen atoms in total. The Kier molecular flexibility index (Phi) is 7.20. The quantitative estimate of drug-likeness (QED) is 0.564. The van der Waals surface area contributed by atoms with Gasteiger partial charge in [0, 0.05) is 51.5 Å². The van der Waals surface area contributed by atoms with Crippen LogP contribution >= 0.6 is 0 Å². The van der Waals surface area contributed by atoms with Gasteiger partial charge in [-0.15, -0.1) is 0 Å². The highest BCUT2D eigenvalue weighted by Crippen LogP contribution is 2.34. The van der Waals surface area contributed by atoms with Crippen molar-refractivity contribution in [3.8, 4) is 11.5 Å². The third kappa shape index (κ3) is 5.77. The Morgan fingerprint density at radius 1 is 1.03 bits per heavy atom. The summed E-state index contributed by atoms with van der Waals surface area (Å²) in [6.45, 7) is 10.4. The Labute approximate surface area is 206 Å². The smallest absolute Gasteiger partial charge is 0.234 e. The van der Waals surface area contributed by atoms with Crippen molar-refractivity contribution in [1.29, 1.82) is 0 Å². The number of hydrogen-bond donors (Lipinski definition) is 1. The van der Waals surface area contributed by atoms with Crippen LogP contribution in [0.5, 0.6) is 11.5 Å². The topological polar surface area (TPSA) is 71.3 Å². The zero-order chi connectivity index (χ0) is 24.2. The molecule has 1 N–H and O–H groups in total. The molecular formula is C27H35N5O3. The monoisotopic (exact) mass is 477 g/mol. The summed E-state index contributed by atoms with van der Waals surface area (Å²) in [7, 11) is 0. The van der Waals surface area contributed by atoms with Gasteiger partial charge in [-0.3, -0.25) is 14.6 Å². The second kappa shape index (κ2) is 10.7. The number of aromatic nitrogens is 2. The number of nitrogens with zero attached hydrogens (tertiary/aromatic N) is 4. The number of imidazole rings is 1. The molecule has 186 valence electrons. The summed E-state index contributed by atoms with van der Waals surface area (Å²) < 4.78 is 13.7. The maximum absolute atomic E-state index is 13.0. The predicted molar refractivity (Wildman–Crippen MR) is 135 cm³/mol. The fraction of sp³-hybridized carbons (Fsp3) is 0.481. The minimum atomic E-state index is -0.0732. The lowest BCUT2D eigenvalue weighted by Gasteiger charge is -2.34. The minimum Gasteiger partial charge on any atom is -0.490 e. The second-order valence-corrected chi connectivity index (χ2v) is 9.80. The van der Waals surface area contributed by atoms with Crippen molar-refractivity contribution in [2.45, 2.75) is 32.9 Å². The summed E-state index contributed by atoms with van der Waals surface area (Å²) >= 11 is 0. The van der Waals surface area contributed by atoms with Gasteiger partial charge in [-0.25, -0.2) is 4.98 Å². The van der Waals surface area contributed by atoms with Crippen molar-refractivity contribution >= 4 is 11.6 Å². The van der Waals surface area contributed by atoms with Crippen molar-refractivity contribution < 1.29 is 14.3 Å². The standard InChI is InChI=1S/C27H35N5O3/c1-20(2)27(21-7-8-23-24(16-21)35-15-5-14-34-23)29-26(33)19-31-12-10-30(11-13-31)17-22-18-32-9-4-3-6-25(32)28-22/h3-4,6-9,16,18,20,27H,5,10-15,17,19H2,1-2H3,(H,29,33). The first-order valence-corrected chi connectivity index (χ1v) is 12.6. The van der Waals surface area contributed by atoms with E-state index in [-0.39, 0.29) is 17.9 Å². The number of ether oxygens (including phenoxy) is 2. The van der Waals surface area contributed by atoms with E-state index in [0.29, 0.717) is 19.8 Å². The van der Waals surface area contributed by atoms with Gasteiger partial charge in [-0.05, 0) is 35.7 Å². The zero-order valence-corrected chi connectivity index (χ0v) is 20.7. The van der Waals surface area contributed by atoms with Crippen molar-refractivity contribution in [2.24, 2.45) is 5.92 Å². The molecule has 0 spiro atoms. The van der Waals surface area contributed by atoms with E-state index in [4.69, 9.17) is 14.5 Å². The van der Waals surface area contributed by atoms with Crippen molar-refractivity contribution in [2.75, 3.05) is 45.9 Å². The maximum atomic E-state index is 13.0. The van der Waals surface area contributed by atoms with Crippen LogP contribution in [0.15, 0.2) is 48.8 Å². The van der Waals surface area contributed by atoms with E-state index in [1.807, 2.05) is 42.6 Å². The third-order valence-corrected chi connectivity index (χ3v) is 6.75. The van der Waals surface area contributed by atoms with Crippen LogP contribution in [0.3, 0.4) is 0 Å². The second-order valence-electron chi connectivity index (χ2n) is 9.80. The summed E-state index contributed by atoms with van der Waals surface area (Å²) in [6.07, 6.45) is 5.00. The average molecular weight is 478 g/mol. The Hall–Kier alpha value is -3.10. The van der Waals surface area contributed by atoms with Gasteiger partial charge in [0.05, 0.1) is 31.5 Å². The Morgan fingerprint density at radius 2 is 1.80 bits per heavy atom. The van der Waals surface area contributed by atoms with Crippen molar-refractivity contribution in [1.82, 2.24) is 24.5 Å². The van der Waals surface area contributed by atoms with Crippen LogP contribution in [0.25, 0.3) is 5.65 Å². The van der Waals surface area contributed by atoms with E-state index >= 15 is 0 Å². The summed E-state index contributed by atoms with van der Waals surface area (Å²) in [6, 6.07) is 12.0. The number of rotatable bonds is 7. The molecule has 2 aliphatic rings. The predicted octanol–water partition coefficient (Wildman–Crippen LogP) is 3.13. The molecule has 4 heterocycles. The number of carbonyl (C=O) groups excluding carboxylic acids is 1. The normalized spacial score (nSPS) is 17.9. The molecule has 0 bridgehead atoms. The maximum Gasteiger partial charge on any atom is 0.234 e. The van der Waals surface area contributed by atoms with Crippen molar-refractivity contribution in [3.63, 3.8) is 0 Å². The number of fused-ring (bicyclic) bond motifs is 2. The molecule has 1 amide bonds. The molecule has 5 rings (SSSR count). The lowest BCUT2D eigenvalue weighted by atomic mass is 9.95. The third-order valence-electron chi connectivity index (χ3n) is 6.75. The number of amides is 1. The van der Waals surface area contributed by atoms with Crippen LogP contribution < -0.4 is 14.8 Å². The number of hydrogen-bond acceptors (Lipinski definition) is 6. The largest absolute Gasteiger partial charge is 0.490 e. The minimum absolute atomic E-state index is 0.0598. The molecule has 0 saturated carbocycles. The van der Waals surface area contributed by atoms with Crippen LogP contribution in [0.2, 0.25) is 0 Å². The molecule has 0 aliphatic carbocycles. The van der Waals surface area contributed by atoms with Crippen LogP contribution in [-0.2, 0) is 11.3 Å². The molecule has 1 fully saturated rings. The van der Waals surface area contributed by atoms with Crippen LogP contribution in [0.1, 0.15) is 37.6 Å². The fourth-order valence-corrected chi connectivity index (χ4v) is 4.83. The number of carbonyl (C=O) groups is 1. The van der Waals surface area contributed by atoms with Crippen LogP contribution in [-0.4, -0.2) is 71.0 Å². The van der Waals surface area contributed by atoms with Crippen LogP contribution in [0.4, 0.5) is 0 Å². The van der Waals surface area contributed by atoms with Gasteiger partial charge in [0.1, 0.15) is 5.65 Å². The SMILES string of the molecule is CC(C)C(NC(=O)CN1CCN(Cc2cn3ccccc3n2)CC1)c1ccc2c(c1)OCCCO2. The summed E-state index contributed by atoms with van der Waals surface area (Å²) in [5, 5.41) is 3.27. The van der Waals surface area contributed by atoms with Gasteiger partial charge in [-0.2, -0.15) is 0 Å². The molecule has 2 aromatic heterocycles. The molecule has 1 aromatic carbocycles. The van der Waals surface area contributed by atoms with Gasteiger partial charge >= 0.3 is 0 Å². The van der Waals surface area contributed by atoms with Crippen molar-refractivity contribution in [3.05, 3.63) is 60.0 Å². The van der Waals surface area contributed by atoms with E-state index in [9.17, 15) is 4.79 Å². The number of piperazine rings is 1. The number of pyridine rings is 1. The summed E-state index contributed by atoms with van der Waals surface area (Å²) in [4.78, 5) is 22.3. The molecule has 8 heteroatoms. The highest BCUT2D eigenvalue weighted by Gasteiger charge is 2.24. The molecule has 2 aliphatic heterocycles. The van der Waals surface area contributed by atoms with Gasteiger partial charge in [0.25, 0.3) is 0 Å². The summed E-state index contributed by atoms with van der Waals surface area (Å²) in [5.41, 5.74) is 3.11. The Morgan fingerprint density at radius 3 is 2.57 bits per heavy atom. The van der Waals surface area contributed by atoms with Gasteiger partial charge in [0.15, 0.2) is 11.5 Å². The highest BCUT2D eigenvalue weighted by atomic mass is 16.5. The Bertz CT molecular complexity index is 1120. The lowest BCUT2D eigenvalue weighted by Crippen LogP contribution is -2.49. The number of benzene rings is 1. The first-order chi connectivity index (χ1) is 17.0. The molecule has 3 aromatic rings. The van der Waals surface area contributed by atoms with Gasteiger partial charge < -0.3 is 19.2 Å².